The molecule has 6 heteroatoms. The summed E-state index contributed by atoms with van der Waals surface area (Å²) in [6.45, 7) is 6.62. The molecule has 4 aromatic rings. The number of phenolic OH excluding ortho intramolecular Hbond substituents is 1. The van der Waals surface area contributed by atoms with Gasteiger partial charge < -0.3 is 14.9 Å². The maximum Gasteiger partial charge on any atom is 0.115 e. The summed E-state index contributed by atoms with van der Waals surface area (Å²) in [5.74, 6) is 0.243. The lowest BCUT2D eigenvalue weighted by Gasteiger charge is -2.44. The zero-order valence-corrected chi connectivity index (χ0v) is 19.5. The minimum absolute atomic E-state index is 0.00947. The number of piperazine rings is 1. The van der Waals surface area contributed by atoms with Crippen molar-refractivity contribution in [2.75, 3.05) is 24.5 Å². The van der Waals surface area contributed by atoms with E-state index in [9.17, 15) is 5.11 Å². The lowest BCUT2D eigenvalue weighted by Crippen LogP contribution is -2.47. The molecule has 1 unspecified atom stereocenters. The molecule has 1 saturated heterocycles. The Hall–Kier alpha value is -3.21. The molecule has 33 heavy (non-hydrogen) atoms. The summed E-state index contributed by atoms with van der Waals surface area (Å²) in [5, 5.41) is 13.3. The number of phenols is 1. The van der Waals surface area contributed by atoms with Gasteiger partial charge in [-0.15, -0.1) is 0 Å². The van der Waals surface area contributed by atoms with Gasteiger partial charge in [-0.1, -0.05) is 66.2 Å². The molecular weight excluding hydrogens is 453 g/mol. The molecule has 3 aromatic carbocycles. The van der Waals surface area contributed by atoms with Crippen LogP contribution in [-0.2, 0) is 0 Å². The molecule has 166 valence electrons. The third-order valence-electron chi connectivity index (χ3n) is 6.19. The van der Waals surface area contributed by atoms with Gasteiger partial charge in [0.1, 0.15) is 5.75 Å². The molecule has 0 amide bonds. The van der Waals surface area contributed by atoms with E-state index in [-0.39, 0.29) is 11.8 Å². The fourth-order valence-corrected chi connectivity index (χ4v) is 4.93. The van der Waals surface area contributed by atoms with Gasteiger partial charge in [0.2, 0.25) is 0 Å². The number of anilines is 1. The highest BCUT2D eigenvalue weighted by Gasteiger charge is 2.31. The highest BCUT2D eigenvalue weighted by Crippen LogP contribution is 2.38. The summed E-state index contributed by atoms with van der Waals surface area (Å²) in [4.78, 5) is 9.24. The SMILES string of the molecule is C=C(c1cc2ccccc2cn1)N1CCN(c2ccc(Cl)cc2Cl)C(c2ccc(O)cc2)C1. The second-order valence-corrected chi connectivity index (χ2v) is 9.05. The Labute approximate surface area is 203 Å². The van der Waals surface area contributed by atoms with Gasteiger partial charge in [-0.3, -0.25) is 4.98 Å². The highest BCUT2D eigenvalue weighted by atomic mass is 35.5. The quantitative estimate of drug-likeness (QED) is 0.353. The first kappa shape index (κ1) is 21.6. The van der Waals surface area contributed by atoms with E-state index >= 15 is 0 Å². The van der Waals surface area contributed by atoms with Crippen molar-refractivity contribution in [3.8, 4) is 5.75 Å². The van der Waals surface area contributed by atoms with Crippen LogP contribution in [0.15, 0.2) is 85.6 Å². The van der Waals surface area contributed by atoms with E-state index in [0.29, 0.717) is 16.6 Å². The number of hydrogen-bond acceptors (Lipinski definition) is 4. The molecule has 1 atom stereocenters. The van der Waals surface area contributed by atoms with Crippen molar-refractivity contribution in [3.63, 3.8) is 0 Å². The van der Waals surface area contributed by atoms with E-state index in [4.69, 9.17) is 23.2 Å². The number of benzene rings is 3. The van der Waals surface area contributed by atoms with Crippen molar-refractivity contribution in [3.05, 3.63) is 107 Å². The van der Waals surface area contributed by atoms with Gasteiger partial charge in [0.25, 0.3) is 0 Å². The van der Waals surface area contributed by atoms with Gasteiger partial charge in [-0.05, 0) is 47.3 Å². The lowest BCUT2D eigenvalue weighted by molar-refractivity contribution is 0.315. The Bertz CT molecular complexity index is 1320. The van der Waals surface area contributed by atoms with Crippen molar-refractivity contribution in [1.82, 2.24) is 9.88 Å². The summed E-state index contributed by atoms with van der Waals surface area (Å²) >= 11 is 12.7. The molecule has 1 aromatic heterocycles. The van der Waals surface area contributed by atoms with Crippen LogP contribution in [0.25, 0.3) is 16.5 Å². The topological polar surface area (TPSA) is 39.6 Å². The first-order chi connectivity index (χ1) is 16.0. The van der Waals surface area contributed by atoms with Gasteiger partial charge in [-0.2, -0.15) is 0 Å². The fraction of sp³-hybridized carbons (Fsp3) is 0.148. The van der Waals surface area contributed by atoms with Crippen molar-refractivity contribution in [2.45, 2.75) is 6.04 Å². The van der Waals surface area contributed by atoms with Gasteiger partial charge in [-0.25, -0.2) is 0 Å². The number of aromatic nitrogens is 1. The monoisotopic (exact) mass is 475 g/mol. The zero-order chi connectivity index (χ0) is 22.9. The van der Waals surface area contributed by atoms with E-state index in [1.807, 2.05) is 42.6 Å². The molecule has 5 rings (SSSR count). The van der Waals surface area contributed by atoms with E-state index in [0.717, 1.165) is 46.5 Å². The van der Waals surface area contributed by atoms with Gasteiger partial charge in [0.05, 0.1) is 28.1 Å². The zero-order valence-electron chi connectivity index (χ0n) is 18.0. The van der Waals surface area contributed by atoms with Crippen LogP contribution in [0.4, 0.5) is 5.69 Å². The summed E-state index contributed by atoms with van der Waals surface area (Å²) < 4.78 is 0. The third-order valence-corrected chi connectivity index (χ3v) is 6.72. The maximum atomic E-state index is 9.81. The Kier molecular flexibility index (Phi) is 5.88. The van der Waals surface area contributed by atoms with Crippen LogP contribution in [0, 0.1) is 0 Å². The van der Waals surface area contributed by atoms with Crippen LogP contribution in [0.3, 0.4) is 0 Å². The molecule has 2 heterocycles. The molecule has 1 fully saturated rings. The third kappa shape index (κ3) is 4.37. The Balaban J connectivity index is 1.48. The van der Waals surface area contributed by atoms with Crippen molar-refractivity contribution in [2.24, 2.45) is 0 Å². The molecular formula is C27H23Cl2N3O. The second kappa shape index (κ2) is 8.97. The van der Waals surface area contributed by atoms with E-state index in [1.165, 1.54) is 0 Å². The predicted molar refractivity (Wildman–Crippen MR) is 137 cm³/mol. The van der Waals surface area contributed by atoms with Crippen molar-refractivity contribution < 1.29 is 5.11 Å². The summed E-state index contributed by atoms with van der Waals surface area (Å²) in [5.41, 5.74) is 3.79. The standard InChI is InChI=1S/C27H23Cl2N3O/c1-18(25-14-20-4-2-3-5-21(20)16-30-25)31-12-13-32(26-11-8-22(28)15-24(26)29)27(17-31)19-6-9-23(33)10-7-19/h2-11,14-16,27,33H,1,12-13,17H2. The average molecular weight is 476 g/mol. The number of nitrogens with zero attached hydrogens (tertiary/aromatic N) is 3. The minimum atomic E-state index is 0.00947. The smallest absolute Gasteiger partial charge is 0.115 e. The van der Waals surface area contributed by atoms with Crippen LogP contribution in [0.1, 0.15) is 17.3 Å². The number of halogens is 2. The van der Waals surface area contributed by atoms with Gasteiger partial charge >= 0.3 is 0 Å². The molecule has 1 aliphatic heterocycles. The van der Waals surface area contributed by atoms with Gasteiger partial charge in [0.15, 0.2) is 0 Å². The number of rotatable bonds is 4. The number of fused-ring (bicyclic) bond motifs is 1. The van der Waals surface area contributed by atoms with Crippen LogP contribution in [-0.4, -0.2) is 34.6 Å². The first-order valence-corrected chi connectivity index (χ1v) is 11.5. The summed E-state index contributed by atoms with van der Waals surface area (Å²) in [6, 6.07) is 23.3. The Morgan fingerprint density at radius 2 is 1.70 bits per heavy atom. The molecule has 1 N–H and O–H groups in total. The van der Waals surface area contributed by atoms with Crippen molar-refractivity contribution >= 4 is 45.4 Å². The average Bonchev–Trinajstić information content (AvgIpc) is 2.84. The second-order valence-electron chi connectivity index (χ2n) is 8.21. The van der Waals surface area contributed by atoms with E-state index in [1.54, 1.807) is 18.2 Å². The van der Waals surface area contributed by atoms with E-state index < -0.39 is 0 Å². The van der Waals surface area contributed by atoms with Crippen LogP contribution >= 0.6 is 23.2 Å². The summed E-state index contributed by atoms with van der Waals surface area (Å²) in [6.07, 6.45) is 1.90. The summed E-state index contributed by atoms with van der Waals surface area (Å²) in [7, 11) is 0. The van der Waals surface area contributed by atoms with Crippen LogP contribution in [0.5, 0.6) is 5.75 Å². The maximum absolute atomic E-state index is 9.81. The highest BCUT2D eigenvalue weighted by molar-refractivity contribution is 6.36. The molecule has 0 spiro atoms. The molecule has 0 radical (unpaired) electrons. The Morgan fingerprint density at radius 1 is 0.939 bits per heavy atom. The lowest BCUT2D eigenvalue weighted by atomic mass is 10.00. The Morgan fingerprint density at radius 3 is 2.45 bits per heavy atom. The fourth-order valence-electron chi connectivity index (χ4n) is 4.42. The molecule has 0 saturated carbocycles. The normalized spacial score (nSPS) is 16.2. The van der Waals surface area contributed by atoms with E-state index in [2.05, 4.69) is 39.6 Å². The number of pyridine rings is 1. The molecule has 1 aliphatic rings. The van der Waals surface area contributed by atoms with Crippen LogP contribution < -0.4 is 4.90 Å². The molecule has 4 nitrogen and oxygen atoms in total. The molecule has 0 bridgehead atoms. The van der Waals surface area contributed by atoms with Crippen LogP contribution in [0.2, 0.25) is 10.0 Å². The van der Waals surface area contributed by atoms with Crippen molar-refractivity contribution in [1.29, 1.82) is 0 Å². The molecule has 0 aliphatic carbocycles. The minimum Gasteiger partial charge on any atom is -0.508 e. The number of aromatic hydroxyl groups is 1. The van der Waals surface area contributed by atoms with Gasteiger partial charge in [0, 0.05) is 36.2 Å². The number of hydrogen-bond donors (Lipinski definition) is 1. The largest absolute Gasteiger partial charge is 0.508 e. The predicted octanol–water partition coefficient (Wildman–Crippen LogP) is 6.78. The first-order valence-electron chi connectivity index (χ1n) is 10.8.